The Morgan fingerprint density at radius 3 is 2.76 bits per heavy atom. The molecule has 0 unspecified atom stereocenters. The van der Waals surface area contributed by atoms with Gasteiger partial charge in [0.25, 0.3) is 11.8 Å². The van der Waals surface area contributed by atoms with Crippen LogP contribution in [0.1, 0.15) is 54.0 Å². The Balaban J connectivity index is 1.19. The molecule has 0 atom stereocenters. The third kappa shape index (κ3) is 4.92. The monoisotopic (exact) mass is 444 g/mol. The highest BCUT2D eigenvalue weighted by molar-refractivity contribution is 5.92. The molecule has 9 nitrogen and oxygen atoms in total. The molecule has 4 aromatic rings. The zero-order chi connectivity index (χ0) is 22.6. The second-order valence-electron chi connectivity index (χ2n) is 7.98. The zero-order valence-electron chi connectivity index (χ0n) is 18.3. The predicted molar refractivity (Wildman–Crippen MR) is 120 cm³/mol. The lowest BCUT2D eigenvalue weighted by atomic mass is 10.2. The van der Waals surface area contributed by atoms with Gasteiger partial charge in [-0.25, -0.2) is 9.97 Å². The molecule has 1 aliphatic carbocycles. The number of carbonyl (C=O) groups excluding carboxylic acids is 1. The third-order valence-corrected chi connectivity index (χ3v) is 5.31. The van der Waals surface area contributed by atoms with Gasteiger partial charge in [0, 0.05) is 24.9 Å². The summed E-state index contributed by atoms with van der Waals surface area (Å²) in [6.45, 7) is 3.16. The molecule has 1 aliphatic rings. The molecule has 0 spiro atoms. The number of nitrogens with zero attached hydrogens (tertiary/aromatic N) is 5. The minimum absolute atomic E-state index is 0.254. The summed E-state index contributed by atoms with van der Waals surface area (Å²) in [6.07, 6.45) is 8.09. The molecule has 0 saturated heterocycles. The van der Waals surface area contributed by atoms with Crippen LogP contribution in [0, 0.1) is 0 Å². The second-order valence-corrected chi connectivity index (χ2v) is 7.98. The SMILES string of the molecule is CCCOc1ccc(CNC(=O)c2cn(-c3ccc(-c4nc(C5CC5)no4)cn3)cn2)cc1. The van der Waals surface area contributed by atoms with Crippen molar-refractivity contribution in [3.63, 3.8) is 0 Å². The number of imidazole rings is 1. The number of hydrogen-bond acceptors (Lipinski definition) is 7. The van der Waals surface area contributed by atoms with E-state index in [2.05, 4.69) is 32.3 Å². The molecule has 0 bridgehead atoms. The predicted octanol–water partition coefficient (Wildman–Crippen LogP) is 3.91. The standard InChI is InChI=1S/C24H24N6O3/c1-2-11-32-19-8-3-16(4-9-19)12-26-23(31)20-14-30(15-27-20)21-10-7-18(13-25-21)24-28-22(29-33-24)17-5-6-17/h3-4,7-10,13-15,17H,2,5-6,11-12H2,1H3,(H,26,31). The van der Waals surface area contributed by atoms with Crippen LogP contribution in [0.2, 0.25) is 0 Å². The van der Waals surface area contributed by atoms with Gasteiger partial charge in [-0.15, -0.1) is 0 Å². The van der Waals surface area contributed by atoms with Crippen molar-refractivity contribution >= 4 is 5.91 Å². The van der Waals surface area contributed by atoms with E-state index in [1.54, 1.807) is 23.3 Å². The van der Waals surface area contributed by atoms with Gasteiger partial charge in [0.1, 0.15) is 23.6 Å². The van der Waals surface area contributed by atoms with Gasteiger partial charge in [0.15, 0.2) is 5.82 Å². The highest BCUT2D eigenvalue weighted by Crippen LogP contribution is 2.38. The summed E-state index contributed by atoms with van der Waals surface area (Å²) in [7, 11) is 0. The molecule has 9 heteroatoms. The number of nitrogens with one attached hydrogen (secondary N) is 1. The van der Waals surface area contributed by atoms with Crippen LogP contribution in [0.3, 0.4) is 0 Å². The summed E-state index contributed by atoms with van der Waals surface area (Å²) in [5.74, 6) is 2.87. The van der Waals surface area contributed by atoms with Gasteiger partial charge in [0.05, 0.1) is 12.2 Å². The first kappa shape index (κ1) is 20.9. The molecule has 33 heavy (non-hydrogen) atoms. The van der Waals surface area contributed by atoms with Gasteiger partial charge in [0.2, 0.25) is 0 Å². The van der Waals surface area contributed by atoms with Crippen molar-refractivity contribution in [1.29, 1.82) is 0 Å². The average Bonchev–Trinajstić information content (AvgIpc) is 3.38. The quantitative estimate of drug-likeness (QED) is 0.417. The molecule has 1 amide bonds. The van der Waals surface area contributed by atoms with Gasteiger partial charge in [-0.2, -0.15) is 4.98 Å². The summed E-state index contributed by atoms with van der Waals surface area (Å²) in [5.41, 5.74) is 2.05. The van der Waals surface area contributed by atoms with E-state index in [0.29, 0.717) is 36.5 Å². The third-order valence-electron chi connectivity index (χ3n) is 5.31. The van der Waals surface area contributed by atoms with Gasteiger partial charge in [-0.05, 0) is 49.1 Å². The Morgan fingerprint density at radius 2 is 2.03 bits per heavy atom. The highest BCUT2D eigenvalue weighted by Gasteiger charge is 2.29. The molecule has 5 rings (SSSR count). The lowest BCUT2D eigenvalue weighted by Gasteiger charge is -2.07. The lowest BCUT2D eigenvalue weighted by Crippen LogP contribution is -2.23. The summed E-state index contributed by atoms with van der Waals surface area (Å²) in [4.78, 5) is 25.6. The van der Waals surface area contributed by atoms with Crippen LogP contribution in [0.5, 0.6) is 5.75 Å². The van der Waals surface area contributed by atoms with E-state index in [1.807, 2.05) is 36.4 Å². The van der Waals surface area contributed by atoms with Crippen LogP contribution in [-0.4, -0.2) is 37.2 Å². The van der Waals surface area contributed by atoms with Crippen LogP contribution in [-0.2, 0) is 6.54 Å². The summed E-state index contributed by atoms with van der Waals surface area (Å²) >= 11 is 0. The number of hydrogen-bond donors (Lipinski definition) is 1. The van der Waals surface area contributed by atoms with E-state index in [9.17, 15) is 4.79 Å². The summed E-state index contributed by atoms with van der Waals surface area (Å²) in [5, 5.41) is 6.92. The number of aromatic nitrogens is 5. The van der Waals surface area contributed by atoms with E-state index in [0.717, 1.165) is 42.0 Å². The number of benzene rings is 1. The Labute approximate surface area is 190 Å². The van der Waals surface area contributed by atoms with Crippen LogP contribution in [0.4, 0.5) is 0 Å². The number of carbonyl (C=O) groups is 1. The van der Waals surface area contributed by atoms with Crippen LogP contribution in [0.15, 0.2) is 59.6 Å². The van der Waals surface area contributed by atoms with Crippen molar-refractivity contribution in [2.45, 2.75) is 38.6 Å². The first-order valence-corrected chi connectivity index (χ1v) is 11.0. The van der Waals surface area contributed by atoms with Crippen molar-refractivity contribution in [3.05, 3.63) is 72.2 Å². The second kappa shape index (κ2) is 9.23. The molecule has 1 fully saturated rings. The molecule has 3 heterocycles. The van der Waals surface area contributed by atoms with E-state index < -0.39 is 0 Å². The number of rotatable bonds is 9. The van der Waals surface area contributed by atoms with Gasteiger partial charge >= 0.3 is 0 Å². The summed E-state index contributed by atoms with van der Waals surface area (Å²) < 4.78 is 12.6. The lowest BCUT2D eigenvalue weighted by molar-refractivity contribution is 0.0946. The number of amides is 1. The van der Waals surface area contributed by atoms with Crippen molar-refractivity contribution < 1.29 is 14.1 Å². The molecule has 0 aliphatic heterocycles. The van der Waals surface area contributed by atoms with Gasteiger partial charge < -0.3 is 14.6 Å². The molecule has 0 radical (unpaired) electrons. The van der Waals surface area contributed by atoms with Crippen LogP contribution in [0.25, 0.3) is 17.3 Å². The fraction of sp³-hybridized carbons (Fsp3) is 0.292. The Morgan fingerprint density at radius 1 is 1.18 bits per heavy atom. The number of pyridine rings is 1. The average molecular weight is 444 g/mol. The Bertz CT molecular complexity index is 1230. The normalized spacial score (nSPS) is 13.1. The number of ether oxygens (including phenoxy) is 1. The van der Waals surface area contributed by atoms with Crippen molar-refractivity contribution in [2.75, 3.05) is 6.61 Å². The smallest absolute Gasteiger partial charge is 0.271 e. The minimum atomic E-state index is -0.254. The van der Waals surface area contributed by atoms with E-state index in [1.165, 1.54) is 0 Å². The largest absolute Gasteiger partial charge is 0.494 e. The van der Waals surface area contributed by atoms with Gasteiger partial charge in [-0.1, -0.05) is 24.2 Å². The molecular weight excluding hydrogens is 420 g/mol. The fourth-order valence-electron chi connectivity index (χ4n) is 3.29. The Kier molecular flexibility index (Phi) is 5.84. The molecular formula is C24H24N6O3. The highest BCUT2D eigenvalue weighted by atomic mass is 16.5. The minimum Gasteiger partial charge on any atom is -0.494 e. The van der Waals surface area contributed by atoms with E-state index in [4.69, 9.17) is 9.26 Å². The molecule has 1 N–H and O–H groups in total. The van der Waals surface area contributed by atoms with Crippen molar-refractivity contribution in [3.8, 4) is 23.0 Å². The first-order valence-electron chi connectivity index (χ1n) is 11.0. The molecule has 3 aromatic heterocycles. The van der Waals surface area contributed by atoms with Crippen LogP contribution < -0.4 is 10.1 Å². The summed E-state index contributed by atoms with van der Waals surface area (Å²) in [6, 6.07) is 11.4. The maximum Gasteiger partial charge on any atom is 0.271 e. The topological polar surface area (TPSA) is 108 Å². The Hall–Kier alpha value is -4.01. The van der Waals surface area contributed by atoms with Crippen molar-refractivity contribution in [2.24, 2.45) is 0 Å². The fourth-order valence-corrected chi connectivity index (χ4v) is 3.29. The van der Waals surface area contributed by atoms with Gasteiger partial charge in [-0.3, -0.25) is 9.36 Å². The van der Waals surface area contributed by atoms with Crippen molar-refractivity contribution in [1.82, 2.24) is 30.0 Å². The molecule has 168 valence electrons. The van der Waals surface area contributed by atoms with E-state index >= 15 is 0 Å². The maximum absolute atomic E-state index is 12.5. The molecule has 1 saturated carbocycles. The molecule has 1 aromatic carbocycles. The first-order chi connectivity index (χ1) is 16.2. The van der Waals surface area contributed by atoms with Crippen LogP contribution >= 0.6 is 0 Å². The van der Waals surface area contributed by atoms with E-state index in [-0.39, 0.29) is 5.91 Å². The zero-order valence-corrected chi connectivity index (χ0v) is 18.3. The maximum atomic E-state index is 12.5.